The number of carbonyl (C=O) groups excluding carboxylic acids is 1. The van der Waals surface area contributed by atoms with E-state index in [0.29, 0.717) is 0 Å². The van der Waals surface area contributed by atoms with Gasteiger partial charge in [-0.3, -0.25) is 0 Å². The van der Waals surface area contributed by atoms with Crippen molar-refractivity contribution in [1.82, 2.24) is 25.1 Å². The highest BCUT2D eigenvalue weighted by Gasteiger charge is 2.21. The average molecular weight is 414 g/mol. The molecule has 2 aromatic carbocycles. The van der Waals surface area contributed by atoms with Gasteiger partial charge in [0.25, 0.3) is 0 Å². The fourth-order valence-corrected chi connectivity index (χ4v) is 4.11. The highest BCUT2D eigenvalue weighted by molar-refractivity contribution is 5.76. The molecule has 1 saturated heterocycles. The topological polar surface area (TPSA) is 64.3 Å². The number of hydrogen-bond acceptors (Lipinski definition) is 3. The standard InChI is InChI=1S/C25H27N5O/c1-17-3-4-21(15-18(17)2)19-5-7-20(8-6-19)24-27-22-9-11-29(16-23(22)28-24)13-14-30-12-10-26-25(30)31/h3-9,11,15H,10,12-14,16H2,1-2H3,(H,26,31)(H,27,28). The molecule has 2 aliphatic rings. The Morgan fingerprint density at radius 2 is 1.74 bits per heavy atom. The molecule has 0 radical (unpaired) electrons. The second kappa shape index (κ2) is 7.95. The zero-order valence-electron chi connectivity index (χ0n) is 18.0. The van der Waals surface area contributed by atoms with Crippen molar-refractivity contribution in [3.05, 3.63) is 71.2 Å². The highest BCUT2D eigenvalue weighted by Crippen LogP contribution is 2.27. The van der Waals surface area contributed by atoms with E-state index in [0.717, 1.165) is 55.5 Å². The molecule has 3 heterocycles. The molecule has 2 amide bonds. The number of aryl methyl sites for hydroxylation is 2. The van der Waals surface area contributed by atoms with Crippen LogP contribution < -0.4 is 5.32 Å². The van der Waals surface area contributed by atoms with E-state index in [9.17, 15) is 4.79 Å². The number of carbonyl (C=O) groups is 1. The number of hydrogen-bond donors (Lipinski definition) is 2. The molecule has 0 aliphatic carbocycles. The summed E-state index contributed by atoms with van der Waals surface area (Å²) in [5.74, 6) is 0.891. The Hall–Kier alpha value is -3.54. The lowest BCUT2D eigenvalue weighted by atomic mass is 9.99. The molecule has 3 aromatic rings. The van der Waals surface area contributed by atoms with Crippen molar-refractivity contribution in [3.63, 3.8) is 0 Å². The van der Waals surface area contributed by atoms with E-state index < -0.39 is 0 Å². The lowest BCUT2D eigenvalue weighted by Gasteiger charge is -2.25. The molecule has 0 spiro atoms. The van der Waals surface area contributed by atoms with E-state index in [1.807, 2.05) is 4.90 Å². The Bertz CT molecular complexity index is 1150. The smallest absolute Gasteiger partial charge is 0.317 e. The summed E-state index contributed by atoms with van der Waals surface area (Å²) < 4.78 is 0. The van der Waals surface area contributed by atoms with E-state index in [1.165, 1.54) is 22.3 Å². The van der Waals surface area contributed by atoms with Crippen LogP contribution in [0.4, 0.5) is 4.79 Å². The summed E-state index contributed by atoms with van der Waals surface area (Å²) in [7, 11) is 0. The summed E-state index contributed by atoms with van der Waals surface area (Å²) in [6.07, 6.45) is 4.16. The van der Waals surface area contributed by atoms with Crippen molar-refractivity contribution in [1.29, 1.82) is 0 Å². The molecule has 0 saturated carbocycles. The number of nitrogens with one attached hydrogen (secondary N) is 2. The summed E-state index contributed by atoms with van der Waals surface area (Å²) >= 11 is 0. The number of aromatic nitrogens is 2. The highest BCUT2D eigenvalue weighted by atomic mass is 16.2. The van der Waals surface area contributed by atoms with Gasteiger partial charge in [0, 0.05) is 37.9 Å². The van der Waals surface area contributed by atoms with Gasteiger partial charge >= 0.3 is 6.03 Å². The molecule has 6 heteroatoms. The molecule has 2 N–H and O–H groups in total. The van der Waals surface area contributed by atoms with E-state index in [4.69, 9.17) is 4.98 Å². The van der Waals surface area contributed by atoms with Crippen LogP contribution in [0.15, 0.2) is 48.7 Å². The SMILES string of the molecule is Cc1ccc(-c2ccc(-c3nc4c([nH]3)C=CN(CCN3CCNC3=O)C4)cc2)cc1C. The maximum absolute atomic E-state index is 11.7. The molecule has 1 aromatic heterocycles. The number of aromatic amines is 1. The minimum Gasteiger partial charge on any atom is -0.370 e. The first-order valence-electron chi connectivity index (χ1n) is 10.8. The Kier molecular flexibility index (Phi) is 4.98. The molecular weight excluding hydrogens is 386 g/mol. The van der Waals surface area contributed by atoms with E-state index in [-0.39, 0.29) is 6.03 Å². The largest absolute Gasteiger partial charge is 0.370 e. The average Bonchev–Trinajstić information content (AvgIpc) is 3.39. The quantitative estimate of drug-likeness (QED) is 0.660. The molecular formula is C25H27N5O. The van der Waals surface area contributed by atoms with Crippen molar-refractivity contribution in [2.75, 3.05) is 26.2 Å². The first-order valence-corrected chi connectivity index (χ1v) is 10.8. The van der Waals surface area contributed by atoms with Crippen molar-refractivity contribution in [2.24, 2.45) is 0 Å². The number of urea groups is 1. The van der Waals surface area contributed by atoms with Crippen LogP contribution in [0.3, 0.4) is 0 Å². The van der Waals surface area contributed by atoms with Gasteiger partial charge in [0.2, 0.25) is 0 Å². The van der Waals surface area contributed by atoms with Gasteiger partial charge in [-0.05, 0) is 42.2 Å². The predicted molar refractivity (Wildman–Crippen MR) is 123 cm³/mol. The molecule has 0 unspecified atom stereocenters. The van der Waals surface area contributed by atoms with Crippen LogP contribution in [-0.2, 0) is 6.54 Å². The van der Waals surface area contributed by atoms with Gasteiger partial charge in [-0.2, -0.15) is 0 Å². The fourth-order valence-electron chi connectivity index (χ4n) is 4.11. The second-order valence-electron chi connectivity index (χ2n) is 8.33. The molecule has 5 rings (SSSR count). The van der Waals surface area contributed by atoms with Gasteiger partial charge in [-0.1, -0.05) is 42.5 Å². The molecule has 0 atom stereocenters. The summed E-state index contributed by atoms with van der Waals surface area (Å²) in [6, 6.07) is 15.2. The van der Waals surface area contributed by atoms with Crippen LogP contribution in [-0.4, -0.2) is 52.0 Å². The zero-order valence-corrected chi connectivity index (χ0v) is 18.0. The van der Waals surface area contributed by atoms with Gasteiger partial charge in [0.05, 0.1) is 17.9 Å². The fraction of sp³-hybridized carbons (Fsp3) is 0.280. The molecule has 158 valence electrons. The van der Waals surface area contributed by atoms with Crippen LogP contribution in [0.2, 0.25) is 0 Å². The second-order valence-corrected chi connectivity index (χ2v) is 8.33. The Balaban J connectivity index is 1.27. The summed E-state index contributed by atoms with van der Waals surface area (Å²) in [5.41, 5.74) is 8.24. The maximum Gasteiger partial charge on any atom is 0.317 e. The van der Waals surface area contributed by atoms with E-state index >= 15 is 0 Å². The van der Waals surface area contributed by atoms with Crippen molar-refractivity contribution in [3.8, 4) is 22.5 Å². The Labute approximate surface area is 182 Å². The number of amides is 2. The van der Waals surface area contributed by atoms with Crippen LogP contribution in [0.25, 0.3) is 28.6 Å². The van der Waals surface area contributed by atoms with Crippen molar-refractivity contribution < 1.29 is 4.79 Å². The van der Waals surface area contributed by atoms with Crippen molar-refractivity contribution >= 4 is 12.1 Å². The number of nitrogens with zero attached hydrogens (tertiary/aromatic N) is 3. The molecule has 31 heavy (non-hydrogen) atoms. The summed E-state index contributed by atoms with van der Waals surface area (Å²) in [5, 5.41) is 2.85. The van der Waals surface area contributed by atoms with Gasteiger partial charge < -0.3 is 20.1 Å². The predicted octanol–water partition coefficient (Wildman–Crippen LogP) is 4.17. The summed E-state index contributed by atoms with van der Waals surface area (Å²) in [6.45, 7) is 8.09. The number of fused-ring (bicyclic) bond motifs is 1. The lowest BCUT2D eigenvalue weighted by molar-refractivity contribution is 0.210. The van der Waals surface area contributed by atoms with Gasteiger partial charge in [-0.15, -0.1) is 0 Å². The van der Waals surface area contributed by atoms with Crippen molar-refractivity contribution in [2.45, 2.75) is 20.4 Å². The van der Waals surface area contributed by atoms with Gasteiger partial charge in [0.1, 0.15) is 5.82 Å². The van der Waals surface area contributed by atoms with Crippen LogP contribution in [0.1, 0.15) is 22.5 Å². The zero-order chi connectivity index (χ0) is 21.4. The van der Waals surface area contributed by atoms with Crippen LogP contribution >= 0.6 is 0 Å². The first-order chi connectivity index (χ1) is 15.1. The Morgan fingerprint density at radius 1 is 0.968 bits per heavy atom. The van der Waals surface area contributed by atoms with E-state index in [1.54, 1.807) is 0 Å². The van der Waals surface area contributed by atoms with Gasteiger partial charge in [0.15, 0.2) is 0 Å². The maximum atomic E-state index is 11.7. The molecule has 2 aliphatic heterocycles. The third-order valence-electron chi connectivity index (χ3n) is 6.22. The monoisotopic (exact) mass is 413 g/mol. The first kappa shape index (κ1) is 19.4. The molecule has 0 bridgehead atoms. The number of H-pyrrole nitrogens is 1. The third-order valence-corrected chi connectivity index (χ3v) is 6.22. The summed E-state index contributed by atoms with van der Waals surface area (Å²) in [4.78, 5) is 24.1. The molecule has 1 fully saturated rings. The normalized spacial score (nSPS) is 15.4. The van der Waals surface area contributed by atoms with E-state index in [2.05, 4.69) is 83.8 Å². The lowest BCUT2D eigenvalue weighted by Crippen LogP contribution is -2.35. The number of rotatable bonds is 5. The van der Waals surface area contributed by atoms with Gasteiger partial charge in [-0.25, -0.2) is 9.78 Å². The van der Waals surface area contributed by atoms with Crippen LogP contribution in [0.5, 0.6) is 0 Å². The minimum absolute atomic E-state index is 0.0352. The minimum atomic E-state index is 0.0352. The van der Waals surface area contributed by atoms with Crippen LogP contribution in [0, 0.1) is 13.8 Å². The third kappa shape index (κ3) is 3.93. The number of benzene rings is 2. The number of imidazole rings is 1. The Morgan fingerprint density at radius 3 is 2.48 bits per heavy atom. The molecule has 6 nitrogen and oxygen atoms in total.